The molecule has 1 N–H and O–H groups in total. The summed E-state index contributed by atoms with van der Waals surface area (Å²) < 4.78 is 0. The van der Waals surface area contributed by atoms with Crippen LogP contribution in [0.2, 0.25) is 0 Å². The van der Waals surface area contributed by atoms with Crippen LogP contribution in [0.3, 0.4) is 0 Å². The molecule has 2 heteroatoms. The highest BCUT2D eigenvalue weighted by Crippen LogP contribution is 2.52. The van der Waals surface area contributed by atoms with Crippen LogP contribution < -0.4 is 0 Å². The molecule has 2 fully saturated rings. The van der Waals surface area contributed by atoms with Gasteiger partial charge in [-0.15, -0.1) is 0 Å². The van der Waals surface area contributed by atoms with E-state index in [0.717, 1.165) is 24.3 Å². The number of hydrogen-bond donors (Lipinski definition) is 1. The van der Waals surface area contributed by atoms with Gasteiger partial charge in [-0.05, 0) is 66.9 Å². The number of benzene rings is 1. The van der Waals surface area contributed by atoms with E-state index < -0.39 is 11.4 Å². The number of rotatable bonds is 3. The first kappa shape index (κ1) is 15.6. The lowest BCUT2D eigenvalue weighted by molar-refractivity contribution is -0.140. The van der Waals surface area contributed by atoms with Crippen molar-refractivity contribution in [2.75, 3.05) is 0 Å². The zero-order valence-corrected chi connectivity index (χ0v) is 14.1. The Kier molecular flexibility index (Phi) is 3.82. The number of hydrogen-bond acceptors (Lipinski definition) is 1. The topological polar surface area (TPSA) is 37.3 Å². The second-order valence-corrected chi connectivity index (χ2v) is 8.39. The minimum absolute atomic E-state index is 0.392. The zero-order valence-electron chi connectivity index (χ0n) is 14.1. The lowest BCUT2D eigenvalue weighted by atomic mass is 9.68. The molecule has 2 aliphatic rings. The van der Waals surface area contributed by atoms with E-state index >= 15 is 0 Å². The summed E-state index contributed by atoms with van der Waals surface area (Å²) in [6.45, 7) is 7.03. The van der Waals surface area contributed by atoms with Gasteiger partial charge in [-0.1, -0.05) is 45.0 Å². The highest BCUT2D eigenvalue weighted by molar-refractivity contribution is 5.85. The van der Waals surface area contributed by atoms with E-state index in [-0.39, 0.29) is 0 Å². The van der Waals surface area contributed by atoms with Crippen molar-refractivity contribution in [2.24, 2.45) is 11.3 Å². The third-order valence-corrected chi connectivity index (χ3v) is 6.03. The molecule has 0 aliphatic heterocycles. The lowest BCUT2D eigenvalue weighted by Crippen LogP contribution is -2.27. The molecular formula is C20H28O2. The molecule has 0 amide bonds. The highest BCUT2D eigenvalue weighted by Gasteiger charge is 2.53. The molecule has 0 unspecified atom stereocenters. The summed E-state index contributed by atoms with van der Waals surface area (Å²) in [6.07, 6.45) is 6.54. The van der Waals surface area contributed by atoms with Crippen molar-refractivity contribution in [3.8, 4) is 0 Å². The number of carboxylic acids is 1. The van der Waals surface area contributed by atoms with E-state index in [2.05, 4.69) is 39.0 Å². The van der Waals surface area contributed by atoms with Crippen molar-refractivity contribution >= 4 is 5.97 Å². The quantitative estimate of drug-likeness (QED) is 0.841. The molecule has 1 aromatic rings. The minimum Gasteiger partial charge on any atom is -0.481 e. The van der Waals surface area contributed by atoms with Crippen molar-refractivity contribution in [2.45, 2.75) is 70.6 Å². The molecule has 0 aromatic heterocycles. The highest BCUT2D eigenvalue weighted by atomic mass is 16.4. The molecule has 0 radical (unpaired) electrons. The Bertz CT molecular complexity index is 555. The maximum atomic E-state index is 11.7. The monoisotopic (exact) mass is 300 g/mol. The van der Waals surface area contributed by atoms with Gasteiger partial charge in [-0.3, -0.25) is 4.79 Å². The van der Waals surface area contributed by atoms with Gasteiger partial charge in [0, 0.05) is 0 Å². The molecule has 0 atom stereocenters. The molecule has 3 rings (SSSR count). The van der Waals surface area contributed by atoms with E-state index in [1.807, 2.05) is 6.07 Å². The largest absolute Gasteiger partial charge is 0.481 e. The first-order valence-corrected chi connectivity index (χ1v) is 8.67. The van der Waals surface area contributed by atoms with Crippen molar-refractivity contribution in [3.05, 3.63) is 35.4 Å². The smallest absolute Gasteiger partial charge is 0.314 e. The molecule has 2 nitrogen and oxygen atoms in total. The normalized spacial score (nSPS) is 27.4. The fourth-order valence-corrected chi connectivity index (χ4v) is 4.28. The molecule has 0 spiro atoms. The number of carboxylic acid groups (broad SMARTS) is 1. The molecule has 0 heterocycles. The summed E-state index contributed by atoms with van der Waals surface area (Å²) in [5.74, 6) is 0.709. The van der Waals surface area contributed by atoms with Gasteiger partial charge in [0.15, 0.2) is 0 Å². The maximum Gasteiger partial charge on any atom is 0.314 e. The molecule has 120 valence electrons. The number of carbonyl (C=O) groups is 1. The predicted molar refractivity (Wildman–Crippen MR) is 89.1 cm³/mol. The Hall–Kier alpha value is -1.31. The lowest BCUT2D eigenvalue weighted by Gasteiger charge is -2.38. The van der Waals surface area contributed by atoms with E-state index in [1.165, 1.54) is 31.2 Å². The summed E-state index contributed by atoms with van der Waals surface area (Å²) in [5.41, 5.74) is 2.23. The van der Waals surface area contributed by atoms with Crippen LogP contribution in [0.4, 0.5) is 0 Å². The second kappa shape index (κ2) is 5.40. The zero-order chi connectivity index (χ0) is 16.0. The summed E-state index contributed by atoms with van der Waals surface area (Å²) >= 11 is 0. The fraction of sp³-hybridized carbons (Fsp3) is 0.650. The molecular weight excluding hydrogens is 272 g/mol. The average Bonchev–Trinajstić information content (AvgIpc) is 3.28. The maximum absolute atomic E-state index is 11.7. The molecule has 0 saturated heterocycles. The minimum atomic E-state index is -0.636. The van der Waals surface area contributed by atoms with Gasteiger partial charge in [0.05, 0.1) is 5.41 Å². The van der Waals surface area contributed by atoms with Gasteiger partial charge in [0.2, 0.25) is 0 Å². The standard InChI is InChI=1S/C20H28O2/c1-19(2,3)15-10-8-14(9-11-15)16-6-4-5-7-17(16)20(12-13-20)18(21)22/h4-7,14-15H,8-13H2,1-3H3,(H,21,22). The summed E-state index contributed by atoms with van der Waals surface area (Å²) in [6, 6.07) is 8.32. The van der Waals surface area contributed by atoms with E-state index in [4.69, 9.17) is 0 Å². The Morgan fingerprint density at radius 3 is 2.18 bits per heavy atom. The van der Waals surface area contributed by atoms with Crippen LogP contribution in [0.25, 0.3) is 0 Å². The van der Waals surface area contributed by atoms with Gasteiger partial charge in [-0.25, -0.2) is 0 Å². The molecule has 2 aliphatic carbocycles. The van der Waals surface area contributed by atoms with Crippen LogP contribution in [0.15, 0.2) is 24.3 Å². The van der Waals surface area contributed by atoms with Crippen LogP contribution in [0.1, 0.15) is 76.3 Å². The van der Waals surface area contributed by atoms with Gasteiger partial charge in [0.1, 0.15) is 0 Å². The van der Waals surface area contributed by atoms with Crippen molar-refractivity contribution in [1.29, 1.82) is 0 Å². The van der Waals surface area contributed by atoms with Crippen LogP contribution in [0.5, 0.6) is 0 Å². The Balaban J connectivity index is 1.81. The Labute approximate surface area is 133 Å². The SMILES string of the molecule is CC(C)(C)C1CCC(c2ccccc2C2(C(=O)O)CC2)CC1. The second-order valence-electron chi connectivity index (χ2n) is 8.39. The molecule has 22 heavy (non-hydrogen) atoms. The summed E-state index contributed by atoms with van der Waals surface area (Å²) in [7, 11) is 0. The van der Waals surface area contributed by atoms with Crippen molar-refractivity contribution < 1.29 is 9.90 Å². The van der Waals surface area contributed by atoms with E-state index in [1.54, 1.807) is 0 Å². The molecule has 0 bridgehead atoms. The van der Waals surface area contributed by atoms with Gasteiger partial charge in [-0.2, -0.15) is 0 Å². The molecule has 1 aromatic carbocycles. The van der Waals surface area contributed by atoms with Crippen LogP contribution in [-0.2, 0) is 10.2 Å². The first-order chi connectivity index (χ1) is 10.3. The first-order valence-electron chi connectivity index (χ1n) is 8.67. The van der Waals surface area contributed by atoms with Crippen LogP contribution >= 0.6 is 0 Å². The number of aliphatic carboxylic acids is 1. The third-order valence-electron chi connectivity index (χ3n) is 6.03. The Morgan fingerprint density at radius 1 is 1.09 bits per heavy atom. The summed E-state index contributed by atoms with van der Waals surface area (Å²) in [4.78, 5) is 11.7. The average molecular weight is 300 g/mol. The van der Waals surface area contributed by atoms with Gasteiger partial charge < -0.3 is 5.11 Å². The van der Waals surface area contributed by atoms with E-state index in [0.29, 0.717) is 11.3 Å². The van der Waals surface area contributed by atoms with Crippen molar-refractivity contribution in [3.63, 3.8) is 0 Å². The van der Waals surface area contributed by atoms with E-state index in [9.17, 15) is 9.90 Å². The predicted octanol–water partition coefficient (Wildman–Crippen LogP) is 5.12. The van der Waals surface area contributed by atoms with Crippen molar-refractivity contribution in [1.82, 2.24) is 0 Å². The molecule has 2 saturated carbocycles. The van der Waals surface area contributed by atoms with Crippen LogP contribution in [-0.4, -0.2) is 11.1 Å². The van der Waals surface area contributed by atoms with Gasteiger partial charge in [0.25, 0.3) is 0 Å². The van der Waals surface area contributed by atoms with Gasteiger partial charge >= 0.3 is 5.97 Å². The third kappa shape index (κ3) is 2.68. The Morgan fingerprint density at radius 2 is 1.68 bits per heavy atom. The summed E-state index contributed by atoms with van der Waals surface area (Å²) in [5, 5.41) is 9.63. The van der Waals surface area contributed by atoms with Crippen LogP contribution in [0, 0.1) is 11.3 Å². The fourth-order valence-electron chi connectivity index (χ4n) is 4.28.